The SMILES string of the molecule is Cc1ccc(C(=O)OCC(=O)N2CCN(S(=O)(=O)c3ccccc3F)CC2)cc1. The summed E-state index contributed by atoms with van der Waals surface area (Å²) < 4.78 is 45.2. The number of nitrogens with zero attached hydrogens (tertiary/aromatic N) is 2. The Labute approximate surface area is 168 Å². The summed E-state index contributed by atoms with van der Waals surface area (Å²) in [5.41, 5.74) is 1.35. The van der Waals surface area contributed by atoms with Gasteiger partial charge in [0.1, 0.15) is 10.7 Å². The summed E-state index contributed by atoms with van der Waals surface area (Å²) in [6.07, 6.45) is 0. The minimum absolute atomic E-state index is 0.0360. The van der Waals surface area contributed by atoms with Crippen LogP contribution in [-0.4, -0.2) is 62.3 Å². The van der Waals surface area contributed by atoms with Gasteiger partial charge in [-0.1, -0.05) is 29.8 Å². The summed E-state index contributed by atoms with van der Waals surface area (Å²) in [6.45, 7) is 1.81. The van der Waals surface area contributed by atoms with Gasteiger partial charge in [0.05, 0.1) is 5.56 Å². The number of esters is 1. The maximum atomic E-state index is 13.9. The Balaban J connectivity index is 1.53. The molecule has 7 nitrogen and oxygen atoms in total. The zero-order valence-corrected chi connectivity index (χ0v) is 16.7. The summed E-state index contributed by atoms with van der Waals surface area (Å²) in [4.78, 5) is 25.3. The average Bonchev–Trinajstić information content (AvgIpc) is 2.72. The standard InChI is InChI=1S/C20H21FN2O5S/c1-15-6-8-16(9-7-15)20(25)28-14-19(24)22-10-12-23(13-11-22)29(26,27)18-5-3-2-4-17(18)21/h2-9H,10-14H2,1H3. The molecule has 1 aliphatic heterocycles. The van der Waals surface area contributed by atoms with Gasteiger partial charge in [-0.15, -0.1) is 0 Å². The molecule has 1 amide bonds. The number of ether oxygens (including phenoxy) is 1. The van der Waals surface area contributed by atoms with Crippen molar-refractivity contribution in [1.82, 2.24) is 9.21 Å². The summed E-state index contributed by atoms with van der Waals surface area (Å²) in [7, 11) is -3.97. The normalized spacial score (nSPS) is 15.2. The number of rotatable bonds is 5. The van der Waals surface area contributed by atoms with Crippen LogP contribution < -0.4 is 0 Å². The maximum Gasteiger partial charge on any atom is 0.338 e. The first-order valence-corrected chi connectivity index (χ1v) is 10.5. The molecule has 0 atom stereocenters. The lowest BCUT2D eigenvalue weighted by molar-refractivity contribution is -0.135. The van der Waals surface area contributed by atoms with E-state index in [0.29, 0.717) is 5.56 Å². The van der Waals surface area contributed by atoms with Crippen LogP contribution in [-0.2, 0) is 19.6 Å². The highest BCUT2D eigenvalue weighted by Gasteiger charge is 2.31. The second kappa shape index (κ2) is 8.71. The molecule has 0 saturated carbocycles. The monoisotopic (exact) mass is 420 g/mol. The lowest BCUT2D eigenvalue weighted by Crippen LogP contribution is -2.51. The van der Waals surface area contributed by atoms with Gasteiger partial charge in [0.25, 0.3) is 5.91 Å². The van der Waals surface area contributed by atoms with E-state index in [1.54, 1.807) is 24.3 Å². The lowest BCUT2D eigenvalue weighted by Gasteiger charge is -2.33. The van der Waals surface area contributed by atoms with Gasteiger partial charge < -0.3 is 9.64 Å². The molecule has 1 saturated heterocycles. The zero-order valence-electron chi connectivity index (χ0n) is 15.9. The number of amides is 1. The average molecular weight is 420 g/mol. The minimum Gasteiger partial charge on any atom is -0.452 e. The molecule has 0 N–H and O–H groups in total. The van der Waals surface area contributed by atoms with Crippen molar-refractivity contribution in [1.29, 1.82) is 0 Å². The smallest absolute Gasteiger partial charge is 0.338 e. The van der Waals surface area contributed by atoms with Gasteiger partial charge in [-0.2, -0.15) is 4.31 Å². The van der Waals surface area contributed by atoms with Crippen LogP contribution >= 0.6 is 0 Å². The fourth-order valence-electron chi connectivity index (χ4n) is 2.96. The van der Waals surface area contributed by atoms with E-state index in [2.05, 4.69) is 0 Å². The van der Waals surface area contributed by atoms with Crippen molar-refractivity contribution >= 4 is 21.9 Å². The van der Waals surface area contributed by atoms with E-state index in [9.17, 15) is 22.4 Å². The molecule has 3 rings (SSSR count). The summed E-state index contributed by atoms with van der Waals surface area (Å²) in [6, 6.07) is 12.0. The quantitative estimate of drug-likeness (QED) is 0.689. The van der Waals surface area contributed by atoms with Crippen molar-refractivity contribution in [2.24, 2.45) is 0 Å². The molecule has 0 spiro atoms. The van der Waals surface area contributed by atoms with E-state index in [1.165, 1.54) is 23.1 Å². The molecular formula is C20H21FN2O5S. The first kappa shape index (κ1) is 20.9. The lowest BCUT2D eigenvalue weighted by atomic mass is 10.1. The van der Waals surface area contributed by atoms with E-state index in [1.807, 2.05) is 6.92 Å². The van der Waals surface area contributed by atoms with Crippen molar-refractivity contribution in [3.8, 4) is 0 Å². The fraction of sp³-hybridized carbons (Fsp3) is 0.300. The Morgan fingerprint density at radius 2 is 1.62 bits per heavy atom. The summed E-state index contributed by atoms with van der Waals surface area (Å²) >= 11 is 0. The van der Waals surface area contributed by atoms with Crippen molar-refractivity contribution in [3.63, 3.8) is 0 Å². The molecule has 0 aromatic heterocycles. The van der Waals surface area contributed by atoms with Gasteiger partial charge in [-0.25, -0.2) is 17.6 Å². The Kier molecular flexibility index (Phi) is 6.29. The second-order valence-electron chi connectivity index (χ2n) is 6.66. The molecule has 1 heterocycles. The number of carbonyl (C=O) groups is 2. The Morgan fingerprint density at radius 1 is 1.00 bits per heavy atom. The summed E-state index contributed by atoms with van der Waals surface area (Å²) in [5.74, 6) is -1.82. The molecule has 29 heavy (non-hydrogen) atoms. The maximum absolute atomic E-state index is 13.9. The highest BCUT2D eigenvalue weighted by molar-refractivity contribution is 7.89. The topological polar surface area (TPSA) is 84.0 Å². The van der Waals surface area contributed by atoms with E-state index in [4.69, 9.17) is 4.74 Å². The number of benzene rings is 2. The van der Waals surface area contributed by atoms with Crippen LogP contribution in [0.3, 0.4) is 0 Å². The minimum atomic E-state index is -3.97. The predicted molar refractivity (Wildman–Crippen MR) is 103 cm³/mol. The first-order valence-electron chi connectivity index (χ1n) is 9.05. The van der Waals surface area contributed by atoms with Crippen LogP contribution in [0.1, 0.15) is 15.9 Å². The zero-order chi connectivity index (χ0) is 21.0. The number of carbonyl (C=O) groups excluding carboxylic acids is 2. The highest BCUT2D eigenvalue weighted by Crippen LogP contribution is 2.20. The Bertz CT molecular complexity index is 1000. The molecule has 2 aromatic carbocycles. The van der Waals surface area contributed by atoms with Gasteiger partial charge in [-0.3, -0.25) is 4.79 Å². The number of sulfonamides is 1. The van der Waals surface area contributed by atoms with Crippen LogP contribution in [0.15, 0.2) is 53.4 Å². The molecule has 154 valence electrons. The Morgan fingerprint density at radius 3 is 2.24 bits per heavy atom. The third-order valence-corrected chi connectivity index (χ3v) is 6.59. The van der Waals surface area contributed by atoms with Crippen LogP contribution in [0.2, 0.25) is 0 Å². The molecule has 0 radical (unpaired) electrons. The largest absolute Gasteiger partial charge is 0.452 e. The van der Waals surface area contributed by atoms with E-state index < -0.39 is 34.3 Å². The second-order valence-corrected chi connectivity index (χ2v) is 8.56. The Hall–Kier alpha value is -2.78. The molecule has 0 aliphatic carbocycles. The van der Waals surface area contributed by atoms with Crippen LogP contribution in [0.4, 0.5) is 4.39 Å². The molecule has 1 fully saturated rings. The number of piperazine rings is 1. The number of halogens is 1. The van der Waals surface area contributed by atoms with Gasteiger partial charge in [0, 0.05) is 26.2 Å². The van der Waals surface area contributed by atoms with Crippen LogP contribution in [0, 0.1) is 12.7 Å². The van der Waals surface area contributed by atoms with Gasteiger partial charge in [0.15, 0.2) is 6.61 Å². The third-order valence-electron chi connectivity index (χ3n) is 4.66. The van der Waals surface area contributed by atoms with Crippen molar-refractivity contribution in [3.05, 3.63) is 65.5 Å². The predicted octanol–water partition coefficient (Wildman–Crippen LogP) is 1.82. The molecule has 0 unspecified atom stereocenters. The van der Waals surface area contributed by atoms with Gasteiger partial charge in [-0.05, 0) is 31.2 Å². The van der Waals surface area contributed by atoms with E-state index in [-0.39, 0.29) is 31.1 Å². The van der Waals surface area contributed by atoms with Gasteiger partial charge >= 0.3 is 5.97 Å². The van der Waals surface area contributed by atoms with Crippen molar-refractivity contribution in [2.75, 3.05) is 32.8 Å². The number of hydrogen-bond donors (Lipinski definition) is 0. The first-order chi connectivity index (χ1) is 13.8. The molecule has 1 aliphatic rings. The molecular weight excluding hydrogens is 399 g/mol. The number of aryl methyl sites for hydroxylation is 1. The van der Waals surface area contributed by atoms with E-state index in [0.717, 1.165) is 15.9 Å². The fourth-order valence-corrected chi connectivity index (χ4v) is 4.45. The van der Waals surface area contributed by atoms with Crippen molar-refractivity contribution in [2.45, 2.75) is 11.8 Å². The van der Waals surface area contributed by atoms with Crippen molar-refractivity contribution < 1.29 is 27.1 Å². The van der Waals surface area contributed by atoms with E-state index >= 15 is 0 Å². The summed E-state index contributed by atoms with van der Waals surface area (Å²) in [5, 5.41) is 0. The molecule has 0 bridgehead atoms. The third kappa shape index (κ3) is 4.80. The molecule has 2 aromatic rings. The van der Waals surface area contributed by atoms with Crippen LogP contribution in [0.25, 0.3) is 0 Å². The van der Waals surface area contributed by atoms with Crippen LogP contribution in [0.5, 0.6) is 0 Å². The number of hydrogen-bond acceptors (Lipinski definition) is 5. The molecule has 9 heteroatoms. The van der Waals surface area contributed by atoms with Gasteiger partial charge in [0.2, 0.25) is 10.0 Å². The highest BCUT2D eigenvalue weighted by atomic mass is 32.2.